The molecule has 124 valence electrons. The van der Waals surface area contributed by atoms with Crippen LogP contribution in [-0.4, -0.2) is 31.0 Å². The summed E-state index contributed by atoms with van der Waals surface area (Å²) in [6.45, 7) is 3.91. The van der Waals surface area contributed by atoms with Crippen LogP contribution in [0.25, 0.3) is 0 Å². The van der Waals surface area contributed by atoms with Crippen molar-refractivity contribution in [3.63, 3.8) is 0 Å². The van der Waals surface area contributed by atoms with Crippen LogP contribution >= 0.6 is 24.0 Å². The lowest BCUT2D eigenvalue weighted by molar-refractivity contribution is -0.384. The zero-order chi connectivity index (χ0) is 15.5. The molecule has 6 nitrogen and oxygen atoms in total. The molecular weight excluding hydrogens is 395 g/mol. The highest BCUT2D eigenvalue weighted by Gasteiger charge is 2.03. The minimum Gasteiger partial charge on any atom is -0.356 e. The lowest BCUT2D eigenvalue weighted by Crippen LogP contribution is -2.38. The molecule has 0 heterocycles. The number of nitro benzene ring substituents is 1. The highest BCUT2D eigenvalue weighted by Crippen LogP contribution is 2.13. The average molecular weight is 420 g/mol. The molecule has 7 heteroatoms. The summed E-state index contributed by atoms with van der Waals surface area (Å²) in [5, 5.41) is 17.0. The van der Waals surface area contributed by atoms with Crippen LogP contribution in [0.1, 0.15) is 31.7 Å². The van der Waals surface area contributed by atoms with Crippen molar-refractivity contribution in [2.24, 2.45) is 4.99 Å². The summed E-state index contributed by atoms with van der Waals surface area (Å²) in [6, 6.07) is 6.77. The average Bonchev–Trinajstić information content (AvgIpc) is 2.50. The van der Waals surface area contributed by atoms with Gasteiger partial charge in [-0.1, -0.05) is 19.1 Å². The number of halogens is 1. The summed E-state index contributed by atoms with van der Waals surface area (Å²) in [4.78, 5) is 14.3. The van der Waals surface area contributed by atoms with E-state index in [1.54, 1.807) is 19.2 Å². The zero-order valence-corrected chi connectivity index (χ0v) is 15.5. The van der Waals surface area contributed by atoms with Gasteiger partial charge in [-0.2, -0.15) is 0 Å². The summed E-state index contributed by atoms with van der Waals surface area (Å²) >= 11 is 0. The standard InChI is InChI=1S/C15H24N4O2.HI/c1-3-11-17-15(16-2)18-12-5-4-6-13-7-9-14(10-8-13)19(20)21;/h7-10H,3-6,11-12H2,1-2H3,(H2,16,17,18);1H. The molecule has 22 heavy (non-hydrogen) atoms. The summed E-state index contributed by atoms with van der Waals surface area (Å²) < 4.78 is 0. The fourth-order valence-electron chi connectivity index (χ4n) is 1.91. The molecule has 0 spiro atoms. The summed E-state index contributed by atoms with van der Waals surface area (Å²) in [5.41, 5.74) is 1.28. The summed E-state index contributed by atoms with van der Waals surface area (Å²) in [7, 11) is 1.77. The molecule has 0 aliphatic carbocycles. The van der Waals surface area contributed by atoms with Crippen LogP contribution in [0.3, 0.4) is 0 Å². The first-order valence-corrected chi connectivity index (χ1v) is 7.35. The van der Waals surface area contributed by atoms with E-state index in [0.29, 0.717) is 0 Å². The van der Waals surface area contributed by atoms with E-state index in [0.717, 1.165) is 50.3 Å². The van der Waals surface area contributed by atoms with Crippen molar-refractivity contribution in [1.29, 1.82) is 0 Å². The number of aliphatic imine (C=N–C) groups is 1. The third kappa shape index (κ3) is 8.16. The van der Waals surface area contributed by atoms with Gasteiger partial charge in [0.2, 0.25) is 0 Å². The normalized spacial score (nSPS) is 10.7. The van der Waals surface area contributed by atoms with E-state index < -0.39 is 0 Å². The van der Waals surface area contributed by atoms with Gasteiger partial charge in [0, 0.05) is 32.3 Å². The fraction of sp³-hybridized carbons (Fsp3) is 0.533. The molecule has 0 unspecified atom stereocenters. The molecule has 0 amide bonds. The minimum atomic E-state index is -0.372. The van der Waals surface area contributed by atoms with Crippen molar-refractivity contribution in [2.45, 2.75) is 32.6 Å². The van der Waals surface area contributed by atoms with Gasteiger partial charge < -0.3 is 10.6 Å². The number of non-ortho nitro benzene ring substituents is 1. The Labute approximate surface area is 149 Å². The van der Waals surface area contributed by atoms with E-state index in [4.69, 9.17) is 0 Å². The number of rotatable bonds is 8. The minimum absolute atomic E-state index is 0. The topological polar surface area (TPSA) is 79.6 Å². The molecule has 0 saturated carbocycles. The van der Waals surface area contributed by atoms with E-state index in [2.05, 4.69) is 22.5 Å². The van der Waals surface area contributed by atoms with Gasteiger partial charge in [0.15, 0.2) is 5.96 Å². The maximum Gasteiger partial charge on any atom is 0.269 e. The Bertz CT molecular complexity index is 463. The number of nitrogens with one attached hydrogen (secondary N) is 2. The number of hydrogen-bond donors (Lipinski definition) is 2. The molecule has 0 aromatic heterocycles. The van der Waals surface area contributed by atoms with Crippen molar-refractivity contribution in [1.82, 2.24) is 10.6 Å². The quantitative estimate of drug-likeness (QED) is 0.169. The summed E-state index contributed by atoms with van der Waals surface area (Å²) in [6.07, 6.45) is 4.07. The number of benzene rings is 1. The molecule has 1 rings (SSSR count). The predicted octanol–water partition coefficient (Wildman–Crippen LogP) is 3.11. The number of nitro groups is 1. The molecule has 2 N–H and O–H groups in total. The van der Waals surface area contributed by atoms with Gasteiger partial charge in [0.25, 0.3) is 5.69 Å². The maximum atomic E-state index is 10.6. The maximum absolute atomic E-state index is 10.6. The molecule has 1 aromatic rings. The van der Waals surface area contributed by atoms with Gasteiger partial charge in [-0.15, -0.1) is 24.0 Å². The third-order valence-electron chi connectivity index (χ3n) is 3.10. The zero-order valence-electron chi connectivity index (χ0n) is 13.2. The van der Waals surface area contributed by atoms with E-state index in [1.165, 1.54) is 0 Å². The van der Waals surface area contributed by atoms with Crippen LogP contribution in [0.5, 0.6) is 0 Å². The van der Waals surface area contributed by atoms with Gasteiger partial charge in [-0.3, -0.25) is 15.1 Å². The monoisotopic (exact) mass is 420 g/mol. The first kappa shape index (κ1) is 20.6. The molecule has 0 radical (unpaired) electrons. The van der Waals surface area contributed by atoms with Crippen LogP contribution in [0, 0.1) is 10.1 Å². The first-order chi connectivity index (χ1) is 10.2. The third-order valence-corrected chi connectivity index (χ3v) is 3.10. The molecule has 0 bridgehead atoms. The van der Waals surface area contributed by atoms with Crippen molar-refractivity contribution in [2.75, 3.05) is 20.1 Å². The number of unbranched alkanes of at least 4 members (excludes halogenated alkanes) is 1. The van der Waals surface area contributed by atoms with Gasteiger partial charge in [-0.05, 0) is 31.2 Å². The van der Waals surface area contributed by atoms with Crippen molar-refractivity contribution in [3.05, 3.63) is 39.9 Å². The van der Waals surface area contributed by atoms with Crippen LogP contribution < -0.4 is 10.6 Å². The fourth-order valence-corrected chi connectivity index (χ4v) is 1.91. The first-order valence-electron chi connectivity index (χ1n) is 7.35. The number of guanidine groups is 1. The molecule has 0 saturated heterocycles. The highest BCUT2D eigenvalue weighted by molar-refractivity contribution is 14.0. The van der Waals surface area contributed by atoms with Gasteiger partial charge in [-0.25, -0.2) is 0 Å². The lowest BCUT2D eigenvalue weighted by Gasteiger charge is -2.10. The van der Waals surface area contributed by atoms with Crippen LogP contribution in [0.15, 0.2) is 29.3 Å². The van der Waals surface area contributed by atoms with E-state index in [9.17, 15) is 10.1 Å². The Morgan fingerprint density at radius 2 is 1.82 bits per heavy atom. The van der Waals surface area contributed by atoms with E-state index in [1.807, 2.05) is 12.1 Å². The molecule has 0 aliphatic rings. The van der Waals surface area contributed by atoms with Crippen molar-refractivity contribution < 1.29 is 4.92 Å². The number of hydrogen-bond acceptors (Lipinski definition) is 3. The smallest absolute Gasteiger partial charge is 0.269 e. The molecular formula is C15H25IN4O2. The van der Waals surface area contributed by atoms with Gasteiger partial charge >= 0.3 is 0 Å². The van der Waals surface area contributed by atoms with Crippen molar-refractivity contribution >= 4 is 35.6 Å². The van der Waals surface area contributed by atoms with Crippen LogP contribution in [0.2, 0.25) is 0 Å². The van der Waals surface area contributed by atoms with E-state index >= 15 is 0 Å². The lowest BCUT2D eigenvalue weighted by atomic mass is 10.1. The molecule has 0 fully saturated rings. The Balaban J connectivity index is 0.00000441. The Kier molecular flexibility index (Phi) is 11.4. The van der Waals surface area contributed by atoms with Crippen LogP contribution in [-0.2, 0) is 6.42 Å². The second-order valence-corrected chi connectivity index (χ2v) is 4.81. The molecule has 0 aliphatic heterocycles. The van der Waals surface area contributed by atoms with Crippen LogP contribution in [0.4, 0.5) is 5.69 Å². The van der Waals surface area contributed by atoms with Gasteiger partial charge in [0.05, 0.1) is 4.92 Å². The van der Waals surface area contributed by atoms with Crippen molar-refractivity contribution in [3.8, 4) is 0 Å². The highest BCUT2D eigenvalue weighted by atomic mass is 127. The number of nitrogens with zero attached hydrogens (tertiary/aromatic N) is 2. The molecule has 0 atom stereocenters. The SMILES string of the molecule is CCCNC(=NC)NCCCCc1ccc([N+](=O)[O-])cc1.I. The van der Waals surface area contributed by atoms with E-state index in [-0.39, 0.29) is 34.6 Å². The molecule has 1 aromatic carbocycles. The summed E-state index contributed by atoms with van der Waals surface area (Å²) in [5.74, 6) is 0.840. The Hall–Kier alpha value is -1.38. The Morgan fingerprint density at radius 3 is 2.36 bits per heavy atom. The predicted molar refractivity (Wildman–Crippen MR) is 101 cm³/mol. The Morgan fingerprint density at radius 1 is 1.18 bits per heavy atom. The second-order valence-electron chi connectivity index (χ2n) is 4.81. The second kappa shape index (κ2) is 12.2. The largest absolute Gasteiger partial charge is 0.356 e. The van der Waals surface area contributed by atoms with Gasteiger partial charge in [0.1, 0.15) is 0 Å². The number of aryl methyl sites for hydroxylation is 1.